The Labute approximate surface area is 126 Å². The molecule has 1 atom stereocenters. The minimum atomic E-state index is 0.237. The van der Waals surface area contributed by atoms with Gasteiger partial charge >= 0.3 is 0 Å². The molecule has 21 heavy (non-hydrogen) atoms. The summed E-state index contributed by atoms with van der Waals surface area (Å²) >= 11 is 0. The molecule has 3 rings (SSSR count). The number of rotatable bonds is 3. The number of hydrogen-bond donors (Lipinski definition) is 1. The van der Waals surface area contributed by atoms with Crippen molar-refractivity contribution >= 4 is 5.91 Å². The van der Waals surface area contributed by atoms with Gasteiger partial charge in [0.05, 0.1) is 7.11 Å². The SMILES string of the molecule is COc1ccc(C2CCN(C(=O)C3CCNCC3)C2)cc1. The molecule has 0 aromatic heterocycles. The lowest BCUT2D eigenvalue weighted by molar-refractivity contribution is -0.135. The van der Waals surface area contributed by atoms with Gasteiger partial charge in [-0.3, -0.25) is 4.79 Å². The number of piperidine rings is 1. The van der Waals surface area contributed by atoms with Crippen LogP contribution in [0.4, 0.5) is 0 Å². The van der Waals surface area contributed by atoms with Crippen molar-refractivity contribution in [1.82, 2.24) is 10.2 Å². The number of methoxy groups -OCH3 is 1. The Balaban J connectivity index is 1.60. The third-order valence-electron chi connectivity index (χ3n) is 4.78. The highest BCUT2D eigenvalue weighted by Gasteiger charge is 2.31. The van der Waals surface area contributed by atoms with Crippen molar-refractivity contribution in [1.29, 1.82) is 0 Å². The van der Waals surface area contributed by atoms with Gasteiger partial charge in [-0.25, -0.2) is 0 Å². The van der Waals surface area contributed by atoms with E-state index in [1.54, 1.807) is 7.11 Å². The van der Waals surface area contributed by atoms with Crippen LogP contribution in [0, 0.1) is 5.92 Å². The number of nitrogens with one attached hydrogen (secondary N) is 1. The first kappa shape index (κ1) is 14.4. The second-order valence-corrected chi connectivity index (χ2v) is 6.07. The van der Waals surface area contributed by atoms with Crippen LogP contribution >= 0.6 is 0 Å². The summed E-state index contributed by atoms with van der Waals surface area (Å²) in [5, 5.41) is 3.32. The van der Waals surface area contributed by atoms with Crippen LogP contribution in [0.1, 0.15) is 30.7 Å². The largest absolute Gasteiger partial charge is 0.497 e. The zero-order valence-electron chi connectivity index (χ0n) is 12.7. The van der Waals surface area contributed by atoms with Gasteiger partial charge in [-0.1, -0.05) is 12.1 Å². The van der Waals surface area contributed by atoms with E-state index < -0.39 is 0 Å². The van der Waals surface area contributed by atoms with Crippen molar-refractivity contribution < 1.29 is 9.53 Å². The highest BCUT2D eigenvalue weighted by atomic mass is 16.5. The molecular formula is C17H24N2O2. The van der Waals surface area contributed by atoms with Crippen molar-refractivity contribution in [3.63, 3.8) is 0 Å². The average molecular weight is 288 g/mol. The van der Waals surface area contributed by atoms with Crippen LogP contribution in [0.15, 0.2) is 24.3 Å². The van der Waals surface area contributed by atoms with Gasteiger partial charge in [0, 0.05) is 24.9 Å². The van der Waals surface area contributed by atoms with Gasteiger partial charge in [0.2, 0.25) is 5.91 Å². The van der Waals surface area contributed by atoms with Gasteiger partial charge in [0.1, 0.15) is 5.75 Å². The summed E-state index contributed by atoms with van der Waals surface area (Å²) in [5.74, 6) is 1.97. The summed E-state index contributed by atoms with van der Waals surface area (Å²) in [6, 6.07) is 8.27. The molecule has 114 valence electrons. The van der Waals surface area contributed by atoms with E-state index in [0.717, 1.165) is 51.2 Å². The average Bonchev–Trinajstić information content (AvgIpc) is 3.05. The van der Waals surface area contributed by atoms with Gasteiger partial charge in [0.25, 0.3) is 0 Å². The Morgan fingerprint density at radius 3 is 2.57 bits per heavy atom. The number of carbonyl (C=O) groups is 1. The first-order valence-corrected chi connectivity index (χ1v) is 7.91. The van der Waals surface area contributed by atoms with Crippen LogP contribution < -0.4 is 10.1 Å². The van der Waals surface area contributed by atoms with Crippen LogP contribution in [0.25, 0.3) is 0 Å². The van der Waals surface area contributed by atoms with E-state index >= 15 is 0 Å². The number of hydrogen-bond acceptors (Lipinski definition) is 3. The molecule has 4 heteroatoms. The van der Waals surface area contributed by atoms with Crippen LogP contribution in [0.5, 0.6) is 5.75 Å². The molecule has 2 heterocycles. The van der Waals surface area contributed by atoms with E-state index in [-0.39, 0.29) is 5.92 Å². The van der Waals surface area contributed by atoms with E-state index in [2.05, 4.69) is 22.3 Å². The lowest BCUT2D eigenvalue weighted by atomic mass is 9.96. The van der Waals surface area contributed by atoms with Crippen molar-refractivity contribution in [3.05, 3.63) is 29.8 Å². The number of likely N-dealkylation sites (tertiary alicyclic amines) is 1. The maximum Gasteiger partial charge on any atom is 0.225 e. The van der Waals surface area contributed by atoms with E-state index in [4.69, 9.17) is 4.74 Å². The van der Waals surface area contributed by atoms with Crippen LogP contribution in [0.2, 0.25) is 0 Å². The lowest BCUT2D eigenvalue weighted by Gasteiger charge is -2.26. The zero-order chi connectivity index (χ0) is 14.7. The van der Waals surface area contributed by atoms with Gasteiger partial charge in [0.15, 0.2) is 0 Å². The molecule has 4 nitrogen and oxygen atoms in total. The number of amides is 1. The van der Waals surface area contributed by atoms with Gasteiger partial charge in [-0.15, -0.1) is 0 Å². The second-order valence-electron chi connectivity index (χ2n) is 6.07. The predicted molar refractivity (Wildman–Crippen MR) is 82.5 cm³/mol. The molecule has 2 fully saturated rings. The lowest BCUT2D eigenvalue weighted by Crippen LogP contribution is -2.39. The van der Waals surface area contributed by atoms with Crippen molar-refractivity contribution in [3.8, 4) is 5.75 Å². The molecule has 1 aromatic carbocycles. The van der Waals surface area contributed by atoms with Gasteiger partial charge < -0.3 is 15.0 Å². The molecule has 1 unspecified atom stereocenters. The summed E-state index contributed by atoms with van der Waals surface area (Å²) < 4.78 is 5.20. The fourth-order valence-corrected chi connectivity index (χ4v) is 3.44. The number of ether oxygens (including phenoxy) is 1. The van der Waals surface area contributed by atoms with E-state index in [0.29, 0.717) is 11.8 Å². The Morgan fingerprint density at radius 2 is 1.90 bits per heavy atom. The van der Waals surface area contributed by atoms with Crippen LogP contribution in [-0.4, -0.2) is 44.1 Å². The normalized spacial score (nSPS) is 23.3. The Kier molecular flexibility index (Phi) is 4.44. The summed E-state index contributed by atoms with van der Waals surface area (Å²) in [6.07, 6.45) is 3.05. The summed E-state index contributed by atoms with van der Waals surface area (Å²) in [5.41, 5.74) is 1.32. The number of benzene rings is 1. The Morgan fingerprint density at radius 1 is 1.19 bits per heavy atom. The third kappa shape index (κ3) is 3.21. The predicted octanol–water partition coefficient (Wildman–Crippen LogP) is 2.01. The number of nitrogens with zero attached hydrogens (tertiary/aromatic N) is 1. The quantitative estimate of drug-likeness (QED) is 0.925. The molecule has 1 aromatic rings. The van der Waals surface area contributed by atoms with E-state index in [1.807, 2.05) is 12.1 Å². The summed E-state index contributed by atoms with van der Waals surface area (Å²) in [4.78, 5) is 14.6. The second kappa shape index (κ2) is 6.48. The highest BCUT2D eigenvalue weighted by Crippen LogP contribution is 2.30. The molecule has 0 saturated carbocycles. The standard InChI is InChI=1S/C17H24N2O2/c1-21-16-4-2-13(3-5-16)15-8-11-19(12-15)17(20)14-6-9-18-10-7-14/h2-5,14-15,18H,6-12H2,1H3. The molecule has 0 radical (unpaired) electrons. The molecule has 2 aliphatic rings. The maximum atomic E-state index is 12.6. The van der Waals surface area contributed by atoms with Gasteiger partial charge in [-0.05, 0) is 50.0 Å². The number of carbonyl (C=O) groups excluding carboxylic acids is 1. The van der Waals surface area contributed by atoms with Crippen molar-refractivity contribution in [2.24, 2.45) is 5.92 Å². The minimum Gasteiger partial charge on any atom is -0.497 e. The fraction of sp³-hybridized carbons (Fsp3) is 0.588. The molecule has 2 saturated heterocycles. The molecule has 0 spiro atoms. The first-order valence-electron chi connectivity index (χ1n) is 7.91. The molecule has 0 aliphatic carbocycles. The Hall–Kier alpha value is -1.55. The van der Waals surface area contributed by atoms with Crippen LogP contribution in [0.3, 0.4) is 0 Å². The molecular weight excluding hydrogens is 264 g/mol. The zero-order valence-corrected chi connectivity index (χ0v) is 12.7. The van der Waals surface area contributed by atoms with Crippen molar-refractivity contribution in [2.75, 3.05) is 33.3 Å². The highest BCUT2D eigenvalue weighted by molar-refractivity contribution is 5.79. The minimum absolute atomic E-state index is 0.237. The summed E-state index contributed by atoms with van der Waals surface area (Å²) in [6.45, 7) is 3.73. The smallest absolute Gasteiger partial charge is 0.225 e. The topological polar surface area (TPSA) is 41.6 Å². The van der Waals surface area contributed by atoms with E-state index in [9.17, 15) is 4.79 Å². The maximum absolute atomic E-state index is 12.6. The first-order chi connectivity index (χ1) is 10.3. The van der Waals surface area contributed by atoms with Gasteiger partial charge in [-0.2, -0.15) is 0 Å². The Bertz CT molecular complexity index is 480. The fourth-order valence-electron chi connectivity index (χ4n) is 3.44. The molecule has 1 amide bonds. The van der Waals surface area contributed by atoms with Crippen LogP contribution in [-0.2, 0) is 4.79 Å². The molecule has 1 N–H and O–H groups in total. The summed E-state index contributed by atoms with van der Waals surface area (Å²) in [7, 11) is 1.68. The molecule has 0 bridgehead atoms. The monoisotopic (exact) mass is 288 g/mol. The van der Waals surface area contributed by atoms with E-state index in [1.165, 1.54) is 5.56 Å². The third-order valence-corrected chi connectivity index (χ3v) is 4.78. The van der Waals surface area contributed by atoms with Crippen molar-refractivity contribution in [2.45, 2.75) is 25.2 Å². The molecule has 2 aliphatic heterocycles.